The van der Waals surface area contributed by atoms with Crippen LogP contribution in [-0.2, 0) is 0 Å². The van der Waals surface area contributed by atoms with Gasteiger partial charge in [-0.05, 0) is 30.9 Å². The summed E-state index contributed by atoms with van der Waals surface area (Å²) in [6.45, 7) is 0.303. The monoisotopic (exact) mass is 220 g/mol. The molecule has 0 saturated heterocycles. The summed E-state index contributed by atoms with van der Waals surface area (Å²) in [4.78, 5) is 11.7. The number of carbonyl (C=O) groups excluding carboxylic acids is 1. The lowest BCUT2D eigenvalue weighted by Crippen LogP contribution is -2.33. The number of anilines is 1. The number of benzene rings is 1. The van der Waals surface area contributed by atoms with Crippen molar-refractivity contribution in [1.29, 1.82) is 0 Å². The number of aliphatic hydroxyl groups excluding tert-OH is 1. The van der Waals surface area contributed by atoms with Crippen LogP contribution in [-0.4, -0.2) is 23.7 Å². The molecule has 86 valence electrons. The third kappa shape index (κ3) is 2.52. The van der Waals surface area contributed by atoms with Crippen LogP contribution in [0.1, 0.15) is 23.2 Å². The van der Waals surface area contributed by atoms with Gasteiger partial charge >= 0.3 is 0 Å². The average molecular weight is 220 g/mol. The van der Waals surface area contributed by atoms with Gasteiger partial charge in [0.25, 0.3) is 5.91 Å². The maximum Gasteiger partial charge on any atom is 0.253 e. The fraction of sp³-hybridized carbons (Fsp3) is 0.417. The number of rotatable bonds is 4. The molecule has 0 spiro atoms. The third-order valence-electron chi connectivity index (χ3n) is 2.84. The number of nitrogens with two attached hydrogens (primary N) is 1. The minimum absolute atomic E-state index is 0.224. The average Bonchev–Trinajstić information content (AvgIpc) is 3.10. The summed E-state index contributed by atoms with van der Waals surface area (Å²) in [6, 6.07) is 6.91. The number of carbonyl (C=O) groups is 1. The van der Waals surface area contributed by atoms with E-state index < -0.39 is 6.10 Å². The molecule has 1 aromatic carbocycles. The first-order valence-electron chi connectivity index (χ1n) is 5.49. The van der Waals surface area contributed by atoms with E-state index in [1.165, 1.54) is 0 Å². The Morgan fingerprint density at radius 2 is 2.19 bits per heavy atom. The second kappa shape index (κ2) is 4.53. The summed E-state index contributed by atoms with van der Waals surface area (Å²) >= 11 is 0. The van der Waals surface area contributed by atoms with E-state index in [0.717, 1.165) is 12.8 Å². The molecule has 1 aromatic rings. The molecule has 2 rings (SSSR count). The van der Waals surface area contributed by atoms with Crippen LogP contribution in [0.2, 0.25) is 0 Å². The van der Waals surface area contributed by atoms with Crippen LogP contribution in [0, 0.1) is 5.92 Å². The Hall–Kier alpha value is -1.55. The Kier molecular flexibility index (Phi) is 3.10. The predicted molar refractivity (Wildman–Crippen MR) is 61.9 cm³/mol. The van der Waals surface area contributed by atoms with E-state index in [1.807, 2.05) is 0 Å². The largest absolute Gasteiger partial charge is 0.398 e. The highest BCUT2D eigenvalue weighted by Crippen LogP contribution is 2.32. The minimum atomic E-state index is -0.422. The Bertz CT molecular complexity index is 388. The van der Waals surface area contributed by atoms with Gasteiger partial charge < -0.3 is 16.2 Å². The summed E-state index contributed by atoms with van der Waals surface area (Å²) < 4.78 is 0. The van der Waals surface area contributed by atoms with Crippen molar-refractivity contribution in [3.8, 4) is 0 Å². The van der Waals surface area contributed by atoms with Crippen LogP contribution in [0.3, 0.4) is 0 Å². The number of hydrogen-bond acceptors (Lipinski definition) is 3. The summed E-state index contributed by atoms with van der Waals surface area (Å²) in [6.07, 6.45) is 1.70. The van der Waals surface area contributed by atoms with Crippen molar-refractivity contribution in [2.45, 2.75) is 18.9 Å². The van der Waals surface area contributed by atoms with E-state index in [4.69, 9.17) is 5.73 Å². The highest BCUT2D eigenvalue weighted by molar-refractivity contribution is 5.99. The zero-order chi connectivity index (χ0) is 11.5. The highest BCUT2D eigenvalue weighted by Gasteiger charge is 2.29. The lowest BCUT2D eigenvalue weighted by molar-refractivity contribution is 0.0902. The Balaban J connectivity index is 1.90. The summed E-state index contributed by atoms with van der Waals surface area (Å²) in [5.74, 6) is 0.145. The van der Waals surface area contributed by atoms with Crippen molar-refractivity contribution >= 4 is 11.6 Å². The van der Waals surface area contributed by atoms with Crippen LogP contribution >= 0.6 is 0 Å². The van der Waals surface area contributed by atoms with E-state index in [2.05, 4.69) is 5.32 Å². The topological polar surface area (TPSA) is 75.4 Å². The number of nitrogens with one attached hydrogen (secondary N) is 1. The number of amides is 1. The van der Waals surface area contributed by atoms with Gasteiger partial charge in [-0.25, -0.2) is 0 Å². The molecule has 0 heterocycles. The third-order valence-corrected chi connectivity index (χ3v) is 2.84. The van der Waals surface area contributed by atoms with Crippen molar-refractivity contribution in [2.75, 3.05) is 12.3 Å². The lowest BCUT2D eigenvalue weighted by Gasteiger charge is -2.11. The van der Waals surface area contributed by atoms with Gasteiger partial charge in [-0.2, -0.15) is 0 Å². The molecule has 16 heavy (non-hydrogen) atoms. The molecule has 0 aromatic heterocycles. The van der Waals surface area contributed by atoms with Crippen molar-refractivity contribution < 1.29 is 9.90 Å². The molecule has 1 saturated carbocycles. The first-order chi connectivity index (χ1) is 7.68. The molecule has 1 aliphatic rings. The number of para-hydroxylation sites is 1. The van der Waals surface area contributed by atoms with Crippen LogP contribution in [0.25, 0.3) is 0 Å². The molecule has 0 aliphatic heterocycles. The standard InChI is InChI=1S/C12H16N2O2/c13-10-4-2-1-3-9(10)12(16)14-7-11(15)8-5-6-8/h1-4,8,11,15H,5-7,13H2,(H,14,16). The van der Waals surface area contributed by atoms with Gasteiger partial charge in [0.05, 0.1) is 11.7 Å². The van der Waals surface area contributed by atoms with Crippen molar-refractivity contribution in [1.82, 2.24) is 5.32 Å². The normalized spacial score (nSPS) is 16.8. The van der Waals surface area contributed by atoms with E-state index in [-0.39, 0.29) is 5.91 Å². The molecule has 0 bridgehead atoms. The molecule has 1 unspecified atom stereocenters. The first-order valence-corrected chi connectivity index (χ1v) is 5.49. The number of aliphatic hydroxyl groups is 1. The second-order valence-electron chi connectivity index (χ2n) is 4.20. The molecule has 4 N–H and O–H groups in total. The summed E-state index contributed by atoms with van der Waals surface area (Å²) in [5, 5.41) is 12.3. The van der Waals surface area contributed by atoms with E-state index in [0.29, 0.717) is 23.7 Å². The van der Waals surface area contributed by atoms with E-state index >= 15 is 0 Å². The Morgan fingerprint density at radius 3 is 2.81 bits per heavy atom. The Labute approximate surface area is 94.5 Å². The molecular weight excluding hydrogens is 204 g/mol. The lowest BCUT2D eigenvalue weighted by atomic mass is 10.1. The van der Waals surface area contributed by atoms with Crippen LogP contribution in [0.15, 0.2) is 24.3 Å². The molecule has 0 radical (unpaired) electrons. The highest BCUT2D eigenvalue weighted by atomic mass is 16.3. The predicted octanol–water partition coefficient (Wildman–Crippen LogP) is 0.769. The molecular formula is C12H16N2O2. The van der Waals surface area contributed by atoms with Crippen LogP contribution < -0.4 is 11.1 Å². The smallest absolute Gasteiger partial charge is 0.253 e. The van der Waals surface area contributed by atoms with Crippen LogP contribution in [0.5, 0.6) is 0 Å². The quantitative estimate of drug-likeness (QED) is 0.656. The molecule has 1 fully saturated rings. The SMILES string of the molecule is Nc1ccccc1C(=O)NCC(O)C1CC1. The summed E-state index contributed by atoms with van der Waals surface area (Å²) in [7, 11) is 0. The van der Waals surface area contributed by atoms with Gasteiger partial charge in [-0.1, -0.05) is 12.1 Å². The maximum absolute atomic E-state index is 11.7. The number of hydrogen-bond donors (Lipinski definition) is 3. The zero-order valence-corrected chi connectivity index (χ0v) is 9.02. The van der Waals surface area contributed by atoms with Gasteiger partial charge in [-0.15, -0.1) is 0 Å². The van der Waals surface area contributed by atoms with Gasteiger partial charge in [0.2, 0.25) is 0 Å². The number of nitrogen functional groups attached to an aromatic ring is 1. The molecule has 4 nitrogen and oxygen atoms in total. The second-order valence-corrected chi connectivity index (χ2v) is 4.20. The van der Waals surface area contributed by atoms with Gasteiger partial charge in [-0.3, -0.25) is 4.79 Å². The van der Waals surface area contributed by atoms with Crippen molar-refractivity contribution in [3.63, 3.8) is 0 Å². The van der Waals surface area contributed by atoms with Gasteiger partial charge in [0, 0.05) is 12.2 Å². The molecule has 1 amide bonds. The van der Waals surface area contributed by atoms with Crippen LogP contribution in [0.4, 0.5) is 5.69 Å². The fourth-order valence-electron chi connectivity index (χ4n) is 1.64. The van der Waals surface area contributed by atoms with Crippen molar-refractivity contribution in [2.24, 2.45) is 5.92 Å². The zero-order valence-electron chi connectivity index (χ0n) is 9.02. The first kappa shape index (κ1) is 11.0. The maximum atomic E-state index is 11.7. The molecule has 1 aliphatic carbocycles. The van der Waals surface area contributed by atoms with Crippen molar-refractivity contribution in [3.05, 3.63) is 29.8 Å². The Morgan fingerprint density at radius 1 is 1.50 bits per heavy atom. The van der Waals surface area contributed by atoms with E-state index in [1.54, 1.807) is 24.3 Å². The summed E-state index contributed by atoms with van der Waals surface area (Å²) in [5.41, 5.74) is 6.60. The molecule has 1 atom stereocenters. The minimum Gasteiger partial charge on any atom is -0.398 e. The van der Waals surface area contributed by atoms with E-state index in [9.17, 15) is 9.90 Å². The van der Waals surface area contributed by atoms with Gasteiger partial charge in [0.1, 0.15) is 0 Å². The van der Waals surface area contributed by atoms with Gasteiger partial charge in [0.15, 0.2) is 0 Å². The fourth-order valence-corrected chi connectivity index (χ4v) is 1.64. The molecule has 4 heteroatoms.